The molecule has 0 aliphatic carbocycles. The molecule has 24 heavy (non-hydrogen) atoms. The topological polar surface area (TPSA) is 23.5 Å². The lowest BCUT2D eigenvalue weighted by atomic mass is 10.0. The molecule has 0 heterocycles. The molecule has 0 fully saturated rings. The van der Waals surface area contributed by atoms with Gasteiger partial charge in [0.05, 0.1) is 0 Å². The van der Waals surface area contributed by atoms with Gasteiger partial charge in [0.1, 0.15) is 5.75 Å². The van der Waals surface area contributed by atoms with E-state index < -0.39 is 0 Å². The first kappa shape index (κ1) is 21.0. The Balaban J connectivity index is 2.01. The summed E-state index contributed by atoms with van der Waals surface area (Å²) in [5.41, 5.74) is 1.10. The van der Waals surface area contributed by atoms with Crippen molar-refractivity contribution in [2.45, 2.75) is 84.5 Å². The van der Waals surface area contributed by atoms with E-state index >= 15 is 0 Å². The third-order valence-electron chi connectivity index (χ3n) is 4.82. The van der Waals surface area contributed by atoms with Crippen molar-refractivity contribution in [2.75, 3.05) is 19.6 Å². The fourth-order valence-electron chi connectivity index (χ4n) is 3.18. The van der Waals surface area contributed by atoms with Crippen molar-refractivity contribution in [1.82, 2.24) is 4.90 Å². The number of phenols is 1. The maximum atomic E-state index is 9.75. The Morgan fingerprint density at radius 1 is 0.708 bits per heavy atom. The van der Waals surface area contributed by atoms with Gasteiger partial charge in [0.2, 0.25) is 0 Å². The first-order valence-corrected chi connectivity index (χ1v) is 10.3. The van der Waals surface area contributed by atoms with Crippen LogP contribution >= 0.6 is 0 Å². The van der Waals surface area contributed by atoms with Gasteiger partial charge in [0, 0.05) is 0 Å². The third-order valence-corrected chi connectivity index (χ3v) is 4.82. The average Bonchev–Trinajstić information content (AvgIpc) is 2.60. The van der Waals surface area contributed by atoms with Crippen molar-refractivity contribution in [1.29, 1.82) is 0 Å². The molecule has 0 aliphatic heterocycles. The SMILES string of the molecule is CCCCN(CCCC)CCCCCCCCc1ccccc1O. The molecule has 0 aliphatic rings. The largest absolute Gasteiger partial charge is 0.508 e. The molecule has 2 heteroatoms. The van der Waals surface area contributed by atoms with Crippen LogP contribution in [0.3, 0.4) is 0 Å². The van der Waals surface area contributed by atoms with Crippen molar-refractivity contribution in [3.05, 3.63) is 29.8 Å². The number of para-hydroxylation sites is 1. The van der Waals surface area contributed by atoms with Crippen LogP contribution in [0.4, 0.5) is 0 Å². The fraction of sp³-hybridized carbons (Fsp3) is 0.727. The van der Waals surface area contributed by atoms with Gasteiger partial charge in [-0.15, -0.1) is 0 Å². The average molecular weight is 334 g/mol. The zero-order valence-corrected chi connectivity index (χ0v) is 16.1. The Kier molecular flexibility index (Phi) is 12.6. The number of nitrogens with zero attached hydrogens (tertiary/aromatic N) is 1. The van der Waals surface area contributed by atoms with Crippen LogP contribution in [0, 0.1) is 0 Å². The number of benzene rings is 1. The summed E-state index contributed by atoms with van der Waals surface area (Å²) in [5.74, 6) is 0.455. The Morgan fingerprint density at radius 2 is 1.25 bits per heavy atom. The van der Waals surface area contributed by atoms with Crippen molar-refractivity contribution in [2.24, 2.45) is 0 Å². The van der Waals surface area contributed by atoms with Crippen molar-refractivity contribution in [3.8, 4) is 5.75 Å². The summed E-state index contributed by atoms with van der Waals surface area (Å²) in [6.45, 7) is 8.44. The predicted molar refractivity (Wildman–Crippen MR) is 106 cm³/mol. The number of hydrogen-bond donors (Lipinski definition) is 1. The molecule has 1 aromatic carbocycles. The van der Waals surface area contributed by atoms with Gasteiger partial charge in [-0.2, -0.15) is 0 Å². The lowest BCUT2D eigenvalue weighted by Gasteiger charge is -2.21. The van der Waals surface area contributed by atoms with E-state index in [0.717, 1.165) is 12.0 Å². The minimum absolute atomic E-state index is 0.455. The summed E-state index contributed by atoms with van der Waals surface area (Å²) in [7, 11) is 0. The molecule has 0 amide bonds. The van der Waals surface area contributed by atoms with Crippen LogP contribution in [0.5, 0.6) is 5.75 Å². The van der Waals surface area contributed by atoms with E-state index in [9.17, 15) is 5.11 Å². The summed E-state index contributed by atoms with van der Waals surface area (Å²) in [6.07, 6.45) is 14.2. The fourth-order valence-corrected chi connectivity index (χ4v) is 3.18. The first-order valence-electron chi connectivity index (χ1n) is 10.3. The van der Waals surface area contributed by atoms with Crippen molar-refractivity contribution in [3.63, 3.8) is 0 Å². The molecule has 0 spiro atoms. The molecule has 1 aromatic rings. The van der Waals surface area contributed by atoms with E-state index in [4.69, 9.17) is 0 Å². The summed E-state index contributed by atoms with van der Waals surface area (Å²) < 4.78 is 0. The molecule has 0 radical (unpaired) electrons. The zero-order chi connectivity index (χ0) is 17.5. The standard InChI is InChI=1S/C22H39NO/c1-3-5-18-23(19-6-4-2)20-14-10-8-7-9-11-15-21-16-12-13-17-22(21)24/h12-13,16-17,24H,3-11,14-15,18-20H2,1-2H3. The van der Waals surface area contributed by atoms with Crippen LogP contribution in [0.2, 0.25) is 0 Å². The van der Waals surface area contributed by atoms with Crippen LogP contribution < -0.4 is 0 Å². The van der Waals surface area contributed by atoms with E-state index in [2.05, 4.69) is 18.7 Å². The van der Waals surface area contributed by atoms with Crippen LogP contribution in [-0.2, 0) is 6.42 Å². The number of aryl methyl sites for hydroxylation is 1. The quantitative estimate of drug-likeness (QED) is 0.387. The highest BCUT2D eigenvalue weighted by molar-refractivity contribution is 5.31. The maximum absolute atomic E-state index is 9.75. The number of rotatable bonds is 15. The van der Waals surface area contributed by atoms with Gasteiger partial charge in [-0.3, -0.25) is 0 Å². The number of phenolic OH excluding ortho intramolecular Hbond substituents is 1. The van der Waals surface area contributed by atoms with Crippen LogP contribution in [0.1, 0.15) is 83.6 Å². The van der Waals surface area contributed by atoms with E-state index in [1.54, 1.807) is 6.07 Å². The Morgan fingerprint density at radius 3 is 1.88 bits per heavy atom. The van der Waals surface area contributed by atoms with E-state index in [-0.39, 0.29) is 0 Å². The second kappa shape index (κ2) is 14.3. The Bertz CT molecular complexity index is 397. The third kappa shape index (κ3) is 9.97. The molecule has 0 saturated carbocycles. The molecule has 138 valence electrons. The highest BCUT2D eigenvalue weighted by atomic mass is 16.3. The number of hydrogen-bond acceptors (Lipinski definition) is 2. The molecule has 2 nitrogen and oxygen atoms in total. The van der Waals surface area contributed by atoms with Gasteiger partial charge in [-0.05, 0) is 63.4 Å². The zero-order valence-electron chi connectivity index (χ0n) is 16.1. The second-order valence-corrected chi connectivity index (χ2v) is 7.05. The lowest BCUT2D eigenvalue weighted by molar-refractivity contribution is 0.259. The van der Waals surface area contributed by atoms with E-state index in [1.807, 2.05) is 18.2 Å². The Labute approximate surface area is 150 Å². The van der Waals surface area contributed by atoms with Crippen LogP contribution in [0.15, 0.2) is 24.3 Å². The lowest BCUT2D eigenvalue weighted by Crippen LogP contribution is -2.27. The van der Waals surface area contributed by atoms with Gasteiger partial charge in [0.25, 0.3) is 0 Å². The van der Waals surface area contributed by atoms with Gasteiger partial charge >= 0.3 is 0 Å². The summed E-state index contributed by atoms with van der Waals surface area (Å²) in [5, 5.41) is 9.75. The van der Waals surface area contributed by atoms with Gasteiger partial charge in [-0.1, -0.05) is 70.6 Å². The summed E-state index contributed by atoms with van der Waals surface area (Å²) in [4.78, 5) is 2.67. The minimum Gasteiger partial charge on any atom is -0.508 e. The molecule has 1 N–H and O–H groups in total. The van der Waals surface area contributed by atoms with Gasteiger partial charge in [0.15, 0.2) is 0 Å². The Hall–Kier alpha value is -1.02. The molecule has 0 aromatic heterocycles. The number of unbranched alkanes of at least 4 members (excludes halogenated alkanes) is 7. The molecule has 0 atom stereocenters. The normalized spacial score (nSPS) is 11.3. The van der Waals surface area contributed by atoms with Gasteiger partial charge < -0.3 is 10.0 Å². The molecular formula is C22H39NO. The molecule has 0 unspecified atom stereocenters. The highest BCUT2D eigenvalue weighted by Gasteiger charge is 2.03. The number of aromatic hydroxyl groups is 1. The molecular weight excluding hydrogens is 294 g/mol. The van der Waals surface area contributed by atoms with Crippen molar-refractivity contribution < 1.29 is 5.11 Å². The molecule has 1 rings (SSSR count). The first-order chi connectivity index (χ1) is 11.8. The molecule has 0 saturated heterocycles. The predicted octanol–water partition coefficient (Wildman–Crippen LogP) is 6.18. The van der Waals surface area contributed by atoms with Crippen LogP contribution in [-0.4, -0.2) is 29.6 Å². The minimum atomic E-state index is 0.455. The molecule has 0 bridgehead atoms. The summed E-state index contributed by atoms with van der Waals surface area (Å²) >= 11 is 0. The van der Waals surface area contributed by atoms with Gasteiger partial charge in [-0.25, -0.2) is 0 Å². The van der Waals surface area contributed by atoms with Crippen LogP contribution in [0.25, 0.3) is 0 Å². The van der Waals surface area contributed by atoms with E-state index in [1.165, 1.54) is 83.8 Å². The van der Waals surface area contributed by atoms with Crippen molar-refractivity contribution >= 4 is 0 Å². The van der Waals surface area contributed by atoms with E-state index in [0.29, 0.717) is 5.75 Å². The summed E-state index contributed by atoms with van der Waals surface area (Å²) in [6, 6.07) is 7.73. The smallest absolute Gasteiger partial charge is 0.118 e. The highest BCUT2D eigenvalue weighted by Crippen LogP contribution is 2.18. The monoisotopic (exact) mass is 333 g/mol. The second-order valence-electron chi connectivity index (χ2n) is 7.05. The maximum Gasteiger partial charge on any atom is 0.118 e.